The number of nitrogen functional groups attached to an aromatic ring is 1. The first-order chi connectivity index (χ1) is 12.4. The predicted molar refractivity (Wildman–Crippen MR) is 100 cm³/mol. The summed E-state index contributed by atoms with van der Waals surface area (Å²) in [5.74, 6) is -0.267. The molecule has 1 atom stereocenters. The first kappa shape index (κ1) is 19.6. The maximum atomic E-state index is 12.1. The average molecular weight is 377 g/mol. The summed E-state index contributed by atoms with van der Waals surface area (Å²) >= 11 is 5.80. The minimum atomic E-state index is -0.937. The van der Waals surface area contributed by atoms with Gasteiger partial charge in [0.2, 0.25) is 0 Å². The van der Waals surface area contributed by atoms with E-state index >= 15 is 0 Å². The Kier molecular flexibility index (Phi) is 6.86. The number of nitrogens with two attached hydrogens (primary N) is 1. The van der Waals surface area contributed by atoms with E-state index in [2.05, 4.69) is 5.32 Å². The summed E-state index contributed by atoms with van der Waals surface area (Å²) in [4.78, 5) is 24.2. The zero-order valence-electron chi connectivity index (χ0n) is 14.6. The molecule has 2 rings (SSSR count). The predicted octanol–water partition coefficient (Wildman–Crippen LogP) is 2.84. The van der Waals surface area contributed by atoms with Crippen LogP contribution in [0, 0.1) is 0 Å². The highest BCUT2D eigenvalue weighted by atomic mass is 35.5. The van der Waals surface area contributed by atoms with Crippen molar-refractivity contribution in [1.29, 1.82) is 0 Å². The van der Waals surface area contributed by atoms with Crippen molar-refractivity contribution in [2.24, 2.45) is 0 Å². The maximum Gasteiger partial charge on any atom is 0.341 e. The molecule has 1 unspecified atom stereocenters. The lowest BCUT2D eigenvalue weighted by Gasteiger charge is -2.14. The number of amides is 1. The first-order valence-electron chi connectivity index (χ1n) is 8.07. The van der Waals surface area contributed by atoms with Crippen LogP contribution in [0.25, 0.3) is 0 Å². The normalized spacial score (nSPS) is 11.5. The zero-order valence-corrected chi connectivity index (χ0v) is 15.4. The van der Waals surface area contributed by atoms with Crippen molar-refractivity contribution in [3.63, 3.8) is 0 Å². The second-order valence-electron chi connectivity index (χ2n) is 5.67. The summed E-state index contributed by atoms with van der Waals surface area (Å²) in [6.45, 7) is 1.93. The maximum absolute atomic E-state index is 12.1. The number of rotatable bonds is 7. The fourth-order valence-corrected chi connectivity index (χ4v) is 2.44. The van der Waals surface area contributed by atoms with Crippen LogP contribution in [0.2, 0.25) is 5.02 Å². The van der Waals surface area contributed by atoms with Gasteiger partial charge < -0.3 is 20.5 Å². The Labute approximate surface area is 157 Å². The molecule has 2 aromatic carbocycles. The van der Waals surface area contributed by atoms with Crippen molar-refractivity contribution in [1.82, 2.24) is 5.32 Å². The zero-order chi connectivity index (χ0) is 19.1. The number of anilines is 1. The summed E-state index contributed by atoms with van der Waals surface area (Å²) in [6, 6.07) is 12.0. The van der Waals surface area contributed by atoms with Crippen molar-refractivity contribution < 1.29 is 19.1 Å². The van der Waals surface area contributed by atoms with E-state index < -0.39 is 12.1 Å². The van der Waals surface area contributed by atoms with Gasteiger partial charge in [-0.25, -0.2) is 4.79 Å². The summed E-state index contributed by atoms with van der Waals surface area (Å²) < 4.78 is 10.3. The second-order valence-corrected chi connectivity index (χ2v) is 6.10. The largest absolute Gasteiger partial charge is 0.497 e. The number of carbonyl (C=O) groups excluding carboxylic acids is 2. The molecule has 26 heavy (non-hydrogen) atoms. The van der Waals surface area contributed by atoms with E-state index in [1.54, 1.807) is 7.11 Å². The summed E-state index contributed by atoms with van der Waals surface area (Å²) in [7, 11) is 1.61. The number of halogens is 1. The monoisotopic (exact) mass is 376 g/mol. The fourth-order valence-electron chi connectivity index (χ4n) is 2.26. The van der Waals surface area contributed by atoms with Crippen LogP contribution in [0.5, 0.6) is 5.75 Å². The number of nitrogens with one attached hydrogen (secondary N) is 1. The number of methoxy groups -OCH3 is 1. The lowest BCUT2D eigenvalue weighted by molar-refractivity contribution is -0.129. The molecule has 0 saturated carbocycles. The molecule has 6 nitrogen and oxygen atoms in total. The molecule has 0 fully saturated rings. The van der Waals surface area contributed by atoms with Gasteiger partial charge in [0.05, 0.1) is 12.7 Å². The van der Waals surface area contributed by atoms with E-state index in [-0.39, 0.29) is 17.2 Å². The summed E-state index contributed by atoms with van der Waals surface area (Å²) in [6.07, 6.45) is -0.283. The van der Waals surface area contributed by atoms with Gasteiger partial charge in [0.1, 0.15) is 5.75 Å². The number of hydrogen-bond donors (Lipinski definition) is 2. The Morgan fingerprint density at radius 1 is 1.19 bits per heavy atom. The molecule has 3 N–H and O–H groups in total. The number of benzene rings is 2. The third-order valence-corrected chi connectivity index (χ3v) is 3.99. The molecule has 0 aromatic heterocycles. The van der Waals surface area contributed by atoms with Crippen LogP contribution in [0.15, 0.2) is 42.5 Å². The topological polar surface area (TPSA) is 90.6 Å². The summed E-state index contributed by atoms with van der Waals surface area (Å²) in [5, 5.41) is 3.16. The van der Waals surface area contributed by atoms with Crippen LogP contribution in [0.3, 0.4) is 0 Å². The molecule has 0 spiro atoms. The first-order valence-corrected chi connectivity index (χ1v) is 8.45. The van der Waals surface area contributed by atoms with E-state index in [4.69, 9.17) is 26.8 Å². The van der Waals surface area contributed by atoms with E-state index in [0.717, 1.165) is 11.3 Å². The molecule has 7 heteroatoms. The van der Waals surface area contributed by atoms with Gasteiger partial charge in [-0.1, -0.05) is 23.7 Å². The minimum Gasteiger partial charge on any atom is -0.497 e. The van der Waals surface area contributed by atoms with Crippen LogP contribution < -0.4 is 15.8 Å². The number of ether oxygens (including phenoxy) is 2. The van der Waals surface area contributed by atoms with Crippen LogP contribution in [0.4, 0.5) is 5.69 Å². The minimum absolute atomic E-state index is 0.173. The molecule has 0 radical (unpaired) electrons. The lowest BCUT2D eigenvalue weighted by atomic mass is 10.1. The molecule has 0 heterocycles. The van der Waals surface area contributed by atoms with Gasteiger partial charge in [0.25, 0.3) is 5.91 Å². The van der Waals surface area contributed by atoms with Crippen molar-refractivity contribution in [2.45, 2.75) is 19.4 Å². The van der Waals surface area contributed by atoms with Crippen LogP contribution >= 0.6 is 11.6 Å². The number of esters is 1. The highest BCUT2D eigenvalue weighted by Crippen LogP contribution is 2.19. The molecule has 2 aromatic rings. The third-order valence-electron chi connectivity index (χ3n) is 3.76. The average Bonchev–Trinajstić information content (AvgIpc) is 2.62. The molecular formula is C19H21ClN2O4. The van der Waals surface area contributed by atoms with Crippen molar-refractivity contribution >= 4 is 29.2 Å². The van der Waals surface area contributed by atoms with E-state index in [0.29, 0.717) is 18.0 Å². The molecule has 0 aliphatic carbocycles. The van der Waals surface area contributed by atoms with Crippen LogP contribution in [0.1, 0.15) is 22.8 Å². The Balaban J connectivity index is 1.82. The number of hydrogen-bond acceptors (Lipinski definition) is 5. The van der Waals surface area contributed by atoms with Crippen LogP contribution in [-0.2, 0) is 16.0 Å². The molecule has 0 aliphatic heterocycles. The van der Waals surface area contributed by atoms with Gasteiger partial charge in [-0.2, -0.15) is 0 Å². The van der Waals surface area contributed by atoms with Gasteiger partial charge in [0.15, 0.2) is 6.10 Å². The Morgan fingerprint density at radius 2 is 1.88 bits per heavy atom. The molecular weight excluding hydrogens is 356 g/mol. The highest BCUT2D eigenvalue weighted by molar-refractivity contribution is 6.31. The SMILES string of the molecule is COc1ccc(CCNC(=O)C(C)OC(=O)c2ccc(Cl)cc2N)cc1. The van der Waals surface area contributed by atoms with Gasteiger partial charge in [-0.3, -0.25) is 4.79 Å². The van der Waals surface area contributed by atoms with Gasteiger partial charge in [-0.05, 0) is 49.2 Å². The van der Waals surface area contributed by atoms with Gasteiger partial charge in [-0.15, -0.1) is 0 Å². The van der Waals surface area contributed by atoms with Crippen molar-refractivity contribution in [3.05, 3.63) is 58.6 Å². The third kappa shape index (κ3) is 5.39. The van der Waals surface area contributed by atoms with Crippen molar-refractivity contribution in [3.8, 4) is 5.75 Å². The Hall–Kier alpha value is -2.73. The molecule has 0 bridgehead atoms. The van der Waals surface area contributed by atoms with Crippen LogP contribution in [-0.4, -0.2) is 31.6 Å². The molecule has 0 saturated heterocycles. The molecule has 138 valence electrons. The Bertz CT molecular complexity index is 778. The van der Waals surface area contributed by atoms with Gasteiger partial charge >= 0.3 is 5.97 Å². The highest BCUT2D eigenvalue weighted by Gasteiger charge is 2.20. The lowest BCUT2D eigenvalue weighted by Crippen LogP contribution is -2.37. The van der Waals surface area contributed by atoms with E-state index in [9.17, 15) is 9.59 Å². The van der Waals surface area contributed by atoms with E-state index in [1.165, 1.54) is 25.1 Å². The number of carbonyl (C=O) groups is 2. The second kappa shape index (κ2) is 9.10. The molecule has 0 aliphatic rings. The quantitative estimate of drug-likeness (QED) is 0.572. The van der Waals surface area contributed by atoms with Crippen molar-refractivity contribution in [2.75, 3.05) is 19.4 Å². The standard InChI is InChI=1S/C19H21ClN2O4/c1-12(26-19(24)16-8-5-14(20)11-17(16)21)18(23)22-10-9-13-3-6-15(25-2)7-4-13/h3-8,11-12H,9-10,21H2,1-2H3,(H,22,23). The van der Waals surface area contributed by atoms with Gasteiger partial charge in [0, 0.05) is 17.3 Å². The Morgan fingerprint density at radius 3 is 2.50 bits per heavy atom. The molecule has 1 amide bonds. The van der Waals surface area contributed by atoms with E-state index in [1.807, 2.05) is 24.3 Å². The summed E-state index contributed by atoms with van der Waals surface area (Å²) in [5.41, 5.74) is 7.18. The smallest absolute Gasteiger partial charge is 0.341 e. The fraction of sp³-hybridized carbons (Fsp3) is 0.263.